The molecule has 2 fully saturated rings. The van der Waals surface area contributed by atoms with E-state index in [0.717, 1.165) is 16.8 Å². The second-order valence-electron chi connectivity index (χ2n) is 9.61. The fourth-order valence-electron chi connectivity index (χ4n) is 5.16. The van der Waals surface area contributed by atoms with Crippen LogP contribution in [0, 0.1) is 5.92 Å². The molecule has 37 heavy (non-hydrogen) atoms. The highest BCUT2D eigenvalue weighted by Gasteiger charge is 2.37. The molecule has 2 aliphatic rings. The molecule has 192 valence electrons. The number of carbonyl (C=O) groups excluding carboxylic acids is 2. The smallest absolute Gasteiger partial charge is 0.240 e. The Morgan fingerprint density at radius 1 is 0.919 bits per heavy atom. The fraction of sp³-hybridized carbons (Fsp3) is 0.321. The number of pyridine rings is 1. The van der Waals surface area contributed by atoms with Crippen LogP contribution in [0.4, 0.5) is 0 Å². The first-order valence-corrected chi connectivity index (χ1v) is 14.0. The molecule has 3 aromatic rings. The van der Waals surface area contributed by atoms with E-state index in [1.54, 1.807) is 35.4 Å². The molecule has 2 aromatic carbocycles. The number of nitrogens with zero attached hydrogens (tertiary/aromatic N) is 2. The standard InChI is InChI=1S/C28H30N4O4S/c33-27-19-32(26(18-30-27)21-6-2-1-3-7-21)28(34)22-9-13-23(14-10-22)31-37(35,36)24-15-11-20(12-16-24)25-8-4-5-17-29-25/h1-8,11-12,15-17,22-23,26,31H,9-10,13-14,18-19H2,(H,30,33)/t22?,23?,26-/m1/s1. The van der Waals surface area contributed by atoms with Crippen molar-refractivity contribution < 1.29 is 18.0 Å². The molecule has 1 atom stereocenters. The lowest BCUT2D eigenvalue weighted by Crippen LogP contribution is -2.54. The molecule has 0 bridgehead atoms. The molecule has 8 nitrogen and oxygen atoms in total. The van der Waals surface area contributed by atoms with Gasteiger partial charge in [0.15, 0.2) is 0 Å². The summed E-state index contributed by atoms with van der Waals surface area (Å²) in [6.45, 7) is 0.433. The first-order chi connectivity index (χ1) is 17.9. The maximum Gasteiger partial charge on any atom is 0.240 e. The minimum absolute atomic E-state index is 0.0323. The van der Waals surface area contributed by atoms with Crippen molar-refractivity contribution in [2.75, 3.05) is 13.1 Å². The van der Waals surface area contributed by atoms with E-state index in [4.69, 9.17) is 0 Å². The van der Waals surface area contributed by atoms with Gasteiger partial charge in [-0.25, -0.2) is 13.1 Å². The van der Waals surface area contributed by atoms with E-state index < -0.39 is 10.0 Å². The van der Waals surface area contributed by atoms with Crippen LogP contribution in [0.25, 0.3) is 11.3 Å². The molecule has 5 rings (SSSR count). The Morgan fingerprint density at radius 3 is 2.30 bits per heavy atom. The molecule has 2 amide bonds. The van der Waals surface area contributed by atoms with E-state index in [1.165, 1.54) is 0 Å². The Morgan fingerprint density at radius 2 is 1.62 bits per heavy atom. The second-order valence-corrected chi connectivity index (χ2v) is 11.3. The molecule has 0 unspecified atom stereocenters. The molecule has 1 aliphatic heterocycles. The van der Waals surface area contributed by atoms with Crippen molar-refractivity contribution in [3.05, 3.63) is 84.6 Å². The van der Waals surface area contributed by atoms with Crippen LogP contribution in [0.1, 0.15) is 37.3 Å². The number of aromatic nitrogens is 1. The Hall–Kier alpha value is -3.56. The minimum atomic E-state index is -3.69. The molecule has 1 saturated heterocycles. The van der Waals surface area contributed by atoms with Crippen LogP contribution in [-0.4, -0.2) is 49.2 Å². The zero-order chi connectivity index (χ0) is 25.8. The topological polar surface area (TPSA) is 108 Å². The molecule has 2 heterocycles. The van der Waals surface area contributed by atoms with Crippen LogP contribution in [-0.2, 0) is 19.6 Å². The number of sulfonamides is 1. The molecule has 1 aromatic heterocycles. The highest BCUT2D eigenvalue weighted by atomic mass is 32.2. The lowest BCUT2D eigenvalue weighted by atomic mass is 9.85. The van der Waals surface area contributed by atoms with E-state index in [9.17, 15) is 18.0 Å². The Bertz CT molecular complexity index is 1340. The summed E-state index contributed by atoms with van der Waals surface area (Å²) >= 11 is 0. The van der Waals surface area contributed by atoms with E-state index in [-0.39, 0.29) is 41.3 Å². The summed E-state index contributed by atoms with van der Waals surface area (Å²) in [6.07, 6.45) is 3.98. The van der Waals surface area contributed by atoms with Gasteiger partial charge in [-0.05, 0) is 55.5 Å². The van der Waals surface area contributed by atoms with E-state index in [0.29, 0.717) is 32.2 Å². The molecular formula is C28H30N4O4S. The number of amides is 2. The summed E-state index contributed by atoms with van der Waals surface area (Å²) in [5.41, 5.74) is 2.62. The van der Waals surface area contributed by atoms with Crippen LogP contribution in [0.5, 0.6) is 0 Å². The summed E-state index contributed by atoms with van der Waals surface area (Å²) in [5, 5.41) is 2.87. The van der Waals surface area contributed by atoms with Crippen LogP contribution in [0.3, 0.4) is 0 Å². The lowest BCUT2D eigenvalue weighted by Gasteiger charge is -2.39. The highest BCUT2D eigenvalue weighted by molar-refractivity contribution is 7.89. The van der Waals surface area contributed by atoms with E-state index in [2.05, 4.69) is 15.0 Å². The van der Waals surface area contributed by atoms with Crippen LogP contribution in [0.15, 0.2) is 83.9 Å². The average Bonchev–Trinajstić information content (AvgIpc) is 2.94. The monoisotopic (exact) mass is 518 g/mol. The van der Waals surface area contributed by atoms with Crippen molar-refractivity contribution in [1.29, 1.82) is 0 Å². The van der Waals surface area contributed by atoms with Gasteiger partial charge in [0.05, 0.1) is 16.6 Å². The minimum Gasteiger partial charge on any atom is -0.352 e. The first kappa shape index (κ1) is 25.1. The molecule has 0 radical (unpaired) electrons. The molecular weight excluding hydrogens is 488 g/mol. The van der Waals surface area contributed by atoms with E-state index >= 15 is 0 Å². The third kappa shape index (κ3) is 5.73. The van der Waals surface area contributed by atoms with Gasteiger partial charge >= 0.3 is 0 Å². The maximum absolute atomic E-state index is 13.4. The average molecular weight is 519 g/mol. The van der Waals surface area contributed by atoms with Gasteiger partial charge in [0.25, 0.3) is 0 Å². The number of piperazine rings is 1. The summed E-state index contributed by atoms with van der Waals surface area (Å²) in [4.78, 5) is 31.7. The van der Waals surface area contributed by atoms with Crippen LogP contribution in [0.2, 0.25) is 0 Å². The summed E-state index contributed by atoms with van der Waals surface area (Å²) in [5.74, 6) is -0.415. The Balaban J connectivity index is 1.20. The summed E-state index contributed by atoms with van der Waals surface area (Å²) in [7, 11) is -3.69. The normalized spacial score (nSPS) is 22.3. The van der Waals surface area contributed by atoms with Gasteiger partial charge < -0.3 is 10.2 Å². The van der Waals surface area contributed by atoms with Crippen molar-refractivity contribution in [3.8, 4) is 11.3 Å². The molecule has 2 N–H and O–H groups in total. The fourth-order valence-corrected chi connectivity index (χ4v) is 6.47. The highest BCUT2D eigenvalue weighted by Crippen LogP contribution is 2.31. The number of hydrogen-bond acceptors (Lipinski definition) is 5. The largest absolute Gasteiger partial charge is 0.352 e. The van der Waals surface area contributed by atoms with Crippen molar-refractivity contribution >= 4 is 21.8 Å². The van der Waals surface area contributed by atoms with Crippen molar-refractivity contribution in [1.82, 2.24) is 19.9 Å². The van der Waals surface area contributed by atoms with Gasteiger partial charge in [0.1, 0.15) is 6.54 Å². The Kier molecular flexibility index (Phi) is 7.34. The maximum atomic E-state index is 13.4. The molecule has 1 saturated carbocycles. The van der Waals surface area contributed by atoms with Crippen molar-refractivity contribution in [3.63, 3.8) is 0 Å². The van der Waals surface area contributed by atoms with Crippen molar-refractivity contribution in [2.24, 2.45) is 5.92 Å². The number of hydrogen-bond donors (Lipinski definition) is 2. The van der Waals surface area contributed by atoms with Gasteiger partial charge in [-0.1, -0.05) is 48.5 Å². The number of carbonyl (C=O) groups is 2. The molecule has 1 aliphatic carbocycles. The number of nitrogens with one attached hydrogen (secondary N) is 2. The van der Waals surface area contributed by atoms with Gasteiger partial charge in [0, 0.05) is 30.3 Å². The molecule has 9 heteroatoms. The van der Waals surface area contributed by atoms with Gasteiger partial charge in [0.2, 0.25) is 21.8 Å². The van der Waals surface area contributed by atoms with E-state index in [1.807, 2.05) is 48.5 Å². The SMILES string of the molecule is O=C1CN(C(=O)C2CCC(NS(=O)(=O)c3ccc(-c4ccccn4)cc3)CC2)[C@@H](c2ccccc2)CN1. The van der Waals surface area contributed by atoms with Gasteiger partial charge in [-0.2, -0.15) is 0 Å². The third-order valence-electron chi connectivity index (χ3n) is 7.17. The van der Waals surface area contributed by atoms with Gasteiger partial charge in [-0.3, -0.25) is 14.6 Å². The third-order valence-corrected chi connectivity index (χ3v) is 8.71. The second kappa shape index (κ2) is 10.8. The zero-order valence-corrected chi connectivity index (χ0v) is 21.2. The van der Waals surface area contributed by atoms with Crippen molar-refractivity contribution in [2.45, 2.75) is 42.7 Å². The predicted molar refractivity (Wildman–Crippen MR) is 140 cm³/mol. The first-order valence-electron chi connectivity index (χ1n) is 12.6. The van der Waals surface area contributed by atoms with Crippen LogP contribution < -0.4 is 10.0 Å². The number of rotatable bonds is 6. The summed E-state index contributed by atoms with van der Waals surface area (Å²) in [6, 6.07) is 21.6. The summed E-state index contributed by atoms with van der Waals surface area (Å²) < 4.78 is 28.8. The van der Waals surface area contributed by atoms with Crippen LogP contribution >= 0.6 is 0 Å². The zero-order valence-electron chi connectivity index (χ0n) is 20.4. The number of benzene rings is 2. The predicted octanol–water partition coefficient (Wildman–Crippen LogP) is 3.29. The Labute approximate surface area is 217 Å². The lowest BCUT2D eigenvalue weighted by molar-refractivity contribution is -0.145. The molecule has 0 spiro atoms. The quantitative estimate of drug-likeness (QED) is 0.521. The van der Waals surface area contributed by atoms with Gasteiger partial charge in [-0.15, -0.1) is 0 Å².